The predicted octanol–water partition coefficient (Wildman–Crippen LogP) is 3.15. The van der Waals surface area contributed by atoms with Gasteiger partial charge in [0.05, 0.1) is 5.92 Å². The molecule has 3 fully saturated rings. The highest BCUT2D eigenvalue weighted by Crippen LogP contribution is 2.55. The molecule has 2 N–H and O–H groups in total. The number of amides is 2. The van der Waals surface area contributed by atoms with Crippen LogP contribution in [0.15, 0.2) is 30.6 Å². The Bertz CT molecular complexity index is 1140. The molecule has 0 spiro atoms. The molecule has 184 valence electrons. The number of hydrogen-bond donors (Lipinski definition) is 2. The summed E-state index contributed by atoms with van der Waals surface area (Å²) in [5.41, 5.74) is 2.08. The summed E-state index contributed by atoms with van der Waals surface area (Å²) in [5.74, 6) is 1.88. The topological polar surface area (TPSA) is 90.5 Å². The van der Waals surface area contributed by atoms with E-state index in [2.05, 4.69) is 44.2 Å². The van der Waals surface area contributed by atoms with Gasteiger partial charge in [-0.2, -0.15) is 0 Å². The van der Waals surface area contributed by atoms with Crippen LogP contribution in [0.1, 0.15) is 56.1 Å². The van der Waals surface area contributed by atoms with Crippen LogP contribution in [0, 0.1) is 5.92 Å². The Hall–Kier alpha value is -2.71. The fraction of sp³-hybridized carbons (Fsp3) is 0.538. The maximum atomic E-state index is 14.0. The van der Waals surface area contributed by atoms with Gasteiger partial charge in [-0.25, -0.2) is 9.97 Å². The number of fused-ring (bicyclic) bond motifs is 5. The normalized spacial score (nSPS) is 27.4. The van der Waals surface area contributed by atoms with E-state index in [1.165, 1.54) is 0 Å². The maximum absolute atomic E-state index is 14.0. The minimum atomic E-state index is -0.251. The molecule has 6 rings (SSSR count). The molecule has 2 unspecified atom stereocenters. The molecule has 5 atom stereocenters. The van der Waals surface area contributed by atoms with Crippen molar-refractivity contribution in [2.75, 3.05) is 29.9 Å². The van der Waals surface area contributed by atoms with Crippen LogP contribution >= 0.6 is 11.6 Å². The fourth-order valence-corrected chi connectivity index (χ4v) is 6.23. The molecule has 1 aliphatic carbocycles. The first-order valence-corrected chi connectivity index (χ1v) is 13.0. The number of halogens is 1. The highest BCUT2D eigenvalue weighted by atomic mass is 35.5. The van der Waals surface area contributed by atoms with E-state index in [0.717, 1.165) is 49.3 Å². The molecule has 2 amide bonds. The highest BCUT2D eigenvalue weighted by molar-refractivity contribution is 6.30. The molecule has 3 aliphatic heterocycles. The summed E-state index contributed by atoms with van der Waals surface area (Å²) in [7, 11) is 0. The zero-order valence-corrected chi connectivity index (χ0v) is 20.8. The number of anilines is 2. The van der Waals surface area contributed by atoms with Crippen molar-refractivity contribution in [2.24, 2.45) is 5.92 Å². The summed E-state index contributed by atoms with van der Waals surface area (Å²) in [5, 5.41) is 7.10. The quantitative estimate of drug-likeness (QED) is 0.641. The average molecular weight is 495 g/mol. The molecule has 2 bridgehead atoms. The number of hydrogen-bond acceptors (Lipinski definition) is 6. The number of carbonyl (C=O) groups is 2. The van der Waals surface area contributed by atoms with Crippen LogP contribution in [-0.2, 0) is 9.59 Å². The van der Waals surface area contributed by atoms with Crippen LogP contribution in [-0.4, -0.2) is 64.4 Å². The van der Waals surface area contributed by atoms with E-state index in [1.807, 2.05) is 24.3 Å². The maximum Gasteiger partial charge on any atom is 0.232 e. The second kappa shape index (κ2) is 8.75. The standard InChI is InChI=1S/C26H31ClN6O2/c1-14(2)28-10-21(15-3-5-16(27)6-4-15)26(35)33-17-7-8-18(33)12-32(11-17)24-22-19-9-20(19)25(34)31-23(22)29-13-30-24/h3-6,13-14,17-21,28H,7-12H2,1-2H3,(H,29,30,31,34)/t17?,18?,19-,20+,21+/m0/s1. The number of rotatable bonds is 6. The largest absolute Gasteiger partial charge is 0.352 e. The molecule has 4 aliphatic rings. The third-order valence-corrected chi connectivity index (χ3v) is 8.19. The van der Waals surface area contributed by atoms with Crippen molar-refractivity contribution in [1.82, 2.24) is 20.2 Å². The summed E-state index contributed by atoms with van der Waals surface area (Å²) in [6, 6.07) is 8.25. The van der Waals surface area contributed by atoms with Crippen LogP contribution < -0.4 is 15.5 Å². The van der Waals surface area contributed by atoms with Gasteiger partial charge in [-0.05, 0) is 37.0 Å². The first kappa shape index (κ1) is 22.7. The minimum Gasteiger partial charge on any atom is -0.352 e. The minimum absolute atomic E-state index is 0.0560. The zero-order valence-electron chi connectivity index (χ0n) is 20.1. The summed E-state index contributed by atoms with van der Waals surface area (Å²) in [6.07, 6.45) is 4.41. The molecule has 1 aromatic heterocycles. The molecular formula is C26H31ClN6O2. The average Bonchev–Trinajstić information content (AvgIpc) is 3.60. The second-order valence-corrected chi connectivity index (χ2v) is 11.0. The molecule has 0 radical (unpaired) electrons. The molecule has 2 saturated heterocycles. The van der Waals surface area contributed by atoms with E-state index in [1.54, 1.807) is 6.33 Å². The zero-order chi connectivity index (χ0) is 24.3. The summed E-state index contributed by atoms with van der Waals surface area (Å²) >= 11 is 6.12. The Balaban J connectivity index is 1.24. The Kier molecular flexibility index (Phi) is 5.68. The van der Waals surface area contributed by atoms with E-state index in [4.69, 9.17) is 11.6 Å². The van der Waals surface area contributed by atoms with Gasteiger partial charge in [0, 0.05) is 60.2 Å². The van der Waals surface area contributed by atoms with Gasteiger partial charge < -0.3 is 20.4 Å². The SMILES string of the molecule is CC(C)NC[C@@H](C(=O)N1C2CCC1CN(c1ncnc3c1[C@H]1C[C@H]1C(=O)N3)C2)c1ccc(Cl)cc1. The lowest BCUT2D eigenvalue weighted by Gasteiger charge is -2.43. The van der Waals surface area contributed by atoms with Gasteiger partial charge in [-0.15, -0.1) is 0 Å². The third kappa shape index (κ3) is 4.06. The Morgan fingerprint density at radius 1 is 1.14 bits per heavy atom. The molecule has 4 heterocycles. The molecule has 1 aromatic carbocycles. The van der Waals surface area contributed by atoms with Gasteiger partial charge >= 0.3 is 0 Å². The first-order chi connectivity index (χ1) is 16.9. The van der Waals surface area contributed by atoms with Gasteiger partial charge in [0.25, 0.3) is 0 Å². The number of nitrogens with zero attached hydrogens (tertiary/aromatic N) is 4. The number of aromatic nitrogens is 2. The molecule has 8 nitrogen and oxygen atoms in total. The van der Waals surface area contributed by atoms with Crippen LogP contribution in [0.3, 0.4) is 0 Å². The Morgan fingerprint density at radius 3 is 2.54 bits per heavy atom. The molecule has 9 heteroatoms. The molecule has 2 aromatic rings. The summed E-state index contributed by atoms with van der Waals surface area (Å²) < 4.78 is 0. The Labute approximate surface area is 210 Å². The number of piperazine rings is 1. The fourth-order valence-electron chi connectivity index (χ4n) is 6.10. The number of benzene rings is 1. The van der Waals surface area contributed by atoms with E-state index < -0.39 is 0 Å². The number of nitrogens with one attached hydrogen (secondary N) is 2. The molecule has 1 saturated carbocycles. The van der Waals surface area contributed by atoms with Gasteiger partial charge in [-0.1, -0.05) is 37.6 Å². The van der Waals surface area contributed by atoms with E-state index >= 15 is 0 Å². The van der Waals surface area contributed by atoms with E-state index in [9.17, 15) is 9.59 Å². The van der Waals surface area contributed by atoms with Gasteiger partial charge in [0.2, 0.25) is 11.8 Å². The lowest BCUT2D eigenvalue weighted by atomic mass is 9.95. The summed E-state index contributed by atoms with van der Waals surface area (Å²) in [4.78, 5) is 39.6. The predicted molar refractivity (Wildman–Crippen MR) is 135 cm³/mol. The molecule has 35 heavy (non-hydrogen) atoms. The van der Waals surface area contributed by atoms with Crippen molar-refractivity contribution in [3.8, 4) is 0 Å². The van der Waals surface area contributed by atoms with Gasteiger partial charge in [0.1, 0.15) is 18.0 Å². The lowest BCUT2D eigenvalue weighted by Crippen LogP contribution is -2.58. The summed E-state index contributed by atoms with van der Waals surface area (Å²) in [6.45, 7) is 6.30. The van der Waals surface area contributed by atoms with Crippen LogP contribution in [0.25, 0.3) is 0 Å². The van der Waals surface area contributed by atoms with Crippen molar-refractivity contribution in [1.29, 1.82) is 0 Å². The van der Waals surface area contributed by atoms with Gasteiger partial charge in [0.15, 0.2) is 0 Å². The van der Waals surface area contributed by atoms with Crippen molar-refractivity contribution < 1.29 is 9.59 Å². The van der Waals surface area contributed by atoms with Crippen molar-refractivity contribution in [3.05, 3.63) is 46.7 Å². The first-order valence-electron chi connectivity index (χ1n) is 12.6. The number of carbonyl (C=O) groups excluding carboxylic acids is 2. The second-order valence-electron chi connectivity index (χ2n) is 10.6. The van der Waals surface area contributed by atoms with E-state index in [-0.39, 0.29) is 41.7 Å². The van der Waals surface area contributed by atoms with Crippen molar-refractivity contribution >= 4 is 35.1 Å². The third-order valence-electron chi connectivity index (χ3n) is 7.94. The lowest BCUT2D eigenvalue weighted by molar-refractivity contribution is -0.136. The van der Waals surface area contributed by atoms with Crippen LogP contribution in [0.2, 0.25) is 5.02 Å². The van der Waals surface area contributed by atoms with Crippen molar-refractivity contribution in [2.45, 2.75) is 63.1 Å². The van der Waals surface area contributed by atoms with Crippen molar-refractivity contribution in [3.63, 3.8) is 0 Å². The van der Waals surface area contributed by atoms with Gasteiger partial charge in [-0.3, -0.25) is 9.59 Å². The van der Waals surface area contributed by atoms with Crippen LogP contribution in [0.4, 0.5) is 11.6 Å². The highest BCUT2D eigenvalue weighted by Gasteiger charge is 2.52. The van der Waals surface area contributed by atoms with Crippen LogP contribution in [0.5, 0.6) is 0 Å². The Morgan fingerprint density at radius 2 is 1.86 bits per heavy atom. The molecular weight excluding hydrogens is 464 g/mol. The smallest absolute Gasteiger partial charge is 0.232 e. The monoisotopic (exact) mass is 494 g/mol. The van der Waals surface area contributed by atoms with E-state index in [0.29, 0.717) is 23.4 Å².